The fourth-order valence-electron chi connectivity index (χ4n) is 2.57. The number of hydrogen-bond acceptors (Lipinski definition) is 2. The summed E-state index contributed by atoms with van der Waals surface area (Å²) in [7, 11) is 0. The van der Waals surface area contributed by atoms with E-state index in [1.54, 1.807) is 0 Å². The molecule has 0 spiro atoms. The molecule has 0 unspecified atom stereocenters. The highest BCUT2D eigenvalue weighted by Crippen LogP contribution is 2.36. The molecule has 1 heterocycles. The van der Waals surface area contributed by atoms with E-state index in [2.05, 4.69) is 15.9 Å². The molecule has 0 fully saturated rings. The van der Waals surface area contributed by atoms with Crippen molar-refractivity contribution in [2.24, 2.45) is 0 Å². The Balaban J connectivity index is 2.20. The highest BCUT2D eigenvalue weighted by molar-refractivity contribution is 9.10. The highest BCUT2D eigenvalue weighted by atomic mass is 79.9. The highest BCUT2D eigenvalue weighted by Gasteiger charge is 2.27. The third-order valence-electron chi connectivity index (χ3n) is 3.38. The van der Waals surface area contributed by atoms with Crippen molar-refractivity contribution >= 4 is 21.7 Å². The molecule has 0 amide bonds. The fraction of sp³-hybridized carbons (Fsp3) is 0.267. The summed E-state index contributed by atoms with van der Waals surface area (Å²) in [5, 5.41) is 0. The molecular weight excluding hydrogens is 292 g/mol. The van der Waals surface area contributed by atoms with Crippen molar-refractivity contribution < 1.29 is 9.21 Å². The molecule has 1 aliphatic rings. The minimum Gasteiger partial charge on any atom is -0.465 e. The molecule has 3 rings (SSSR count). The van der Waals surface area contributed by atoms with Crippen LogP contribution in [0.2, 0.25) is 0 Å². The van der Waals surface area contributed by atoms with Crippen molar-refractivity contribution in [3.63, 3.8) is 0 Å². The van der Waals surface area contributed by atoms with Crippen molar-refractivity contribution in [2.45, 2.75) is 26.2 Å². The van der Waals surface area contributed by atoms with E-state index in [4.69, 9.17) is 4.42 Å². The van der Waals surface area contributed by atoms with Gasteiger partial charge in [-0.3, -0.25) is 4.79 Å². The molecule has 0 N–H and O–H groups in total. The van der Waals surface area contributed by atoms with Crippen LogP contribution in [-0.2, 0) is 6.42 Å². The van der Waals surface area contributed by atoms with Gasteiger partial charge in [0.05, 0.1) is 5.56 Å². The molecule has 0 aliphatic heterocycles. The van der Waals surface area contributed by atoms with E-state index >= 15 is 0 Å². The number of aryl methyl sites for hydroxylation is 2. The number of furan rings is 1. The summed E-state index contributed by atoms with van der Waals surface area (Å²) < 4.78 is 6.79. The van der Waals surface area contributed by atoms with E-state index in [0.717, 1.165) is 45.5 Å². The lowest BCUT2D eigenvalue weighted by Gasteiger charge is -2.10. The number of benzene rings is 1. The average Bonchev–Trinajstić information content (AvgIpc) is 2.68. The van der Waals surface area contributed by atoms with Gasteiger partial charge in [-0.2, -0.15) is 0 Å². The first kappa shape index (κ1) is 11.7. The molecule has 0 atom stereocenters. The van der Waals surface area contributed by atoms with Gasteiger partial charge in [0.1, 0.15) is 11.5 Å². The van der Waals surface area contributed by atoms with Crippen LogP contribution < -0.4 is 0 Å². The van der Waals surface area contributed by atoms with E-state index in [-0.39, 0.29) is 5.78 Å². The molecule has 1 aromatic heterocycles. The second-order valence-electron chi connectivity index (χ2n) is 4.62. The number of halogens is 1. The van der Waals surface area contributed by atoms with Gasteiger partial charge >= 0.3 is 0 Å². The summed E-state index contributed by atoms with van der Waals surface area (Å²) in [5.74, 6) is 1.92. The molecule has 18 heavy (non-hydrogen) atoms. The Hall–Kier alpha value is -1.35. The number of hydrogen-bond donors (Lipinski definition) is 0. The summed E-state index contributed by atoms with van der Waals surface area (Å²) in [5.41, 5.74) is 2.83. The molecule has 0 saturated heterocycles. The Kier molecular flexibility index (Phi) is 2.86. The van der Waals surface area contributed by atoms with Crippen LogP contribution in [0.1, 0.15) is 34.7 Å². The topological polar surface area (TPSA) is 30.2 Å². The van der Waals surface area contributed by atoms with E-state index in [1.807, 2.05) is 31.2 Å². The van der Waals surface area contributed by atoms with Gasteiger partial charge in [-0.25, -0.2) is 0 Å². The van der Waals surface area contributed by atoms with Gasteiger partial charge < -0.3 is 4.42 Å². The first-order valence-corrected chi connectivity index (χ1v) is 6.87. The van der Waals surface area contributed by atoms with Gasteiger partial charge in [0.25, 0.3) is 0 Å². The molecule has 2 nitrogen and oxygen atoms in total. The zero-order chi connectivity index (χ0) is 12.7. The van der Waals surface area contributed by atoms with Crippen LogP contribution in [0.4, 0.5) is 0 Å². The molecule has 92 valence electrons. The predicted octanol–water partition coefficient (Wildman–Crippen LogP) is 4.54. The number of Topliss-reactive ketones (excluding diaryl/α,β-unsaturated/α-hetero) is 1. The van der Waals surface area contributed by atoms with E-state index in [9.17, 15) is 4.79 Å². The smallest absolute Gasteiger partial charge is 0.167 e. The summed E-state index contributed by atoms with van der Waals surface area (Å²) in [6.45, 7) is 1.93. The number of fused-ring (bicyclic) bond motifs is 1. The maximum absolute atomic E-state index is 12.1. The minimum atomic E-state index is 0.214. The average molecular weight is 305 g/mol. The van der Waals surface area contributed by atoms with Crippen molar-refractivity contribution in [1.29, 1.82) is 0 Å². The molecule has 0 radical (unpaired) electrons. The third kappa shape index (κ3) is 1.83. The monoisotopic (exact) mass is 304 g/mol. The third-order valence-corrected chi connectivity index (χ3v) is 3.91. The van der Waals surface area contributed by atoms with Crippen molar-refractivity contribution in [1.82, 2.24) is 0 Å². The Morgan fingerprint density at radius 3 is 2.56 bits per heavy atom. The summed E-state index contributed by atoms with van der Waals surface area (Å²) in [6.07, 6.45) is 2.41. The van der Waals surface area contributed by atoms with Gasteiger partial charge in [0.15, 0.2) is 5.78 Å². The first-order valence-electron chi connectivity index (χ1n) is 6.08. The Bertz CT molecular complexity index is 608. The van der Waals surface area contributed by atoms with E-state index < -0.39 is 0 Å². The fourth-order valence-corrected chi connectivity index (χ4v) is 2.84. The maximum Gasteiger partial charge on any atom is 0.167 e. The second-order valence-corrected chi connectivity index (χ2v) is 5.53. The van der Waals surface area contributed by atoms with Gasteiger partial charge in [-0.1, -0.05) is 28.1 Å². The van der Waals surface area contributed by atoms with Crippen LogP contribution in [0.5, 0.6) is 0 Å². The Morgan fingerprint density at radius 2 is 1.83 bits per heavy atom. The van der Waals surface area contributed by atoms with Crippen LogP contribution in [0.25, 0.3) is 11.1 Å². The van der Waals surface area contributed by atoms with Gasteiger partial charge in [0.2, 0.25) is 0 Å². The van der Waals surface area contributed by atoms with Crippen molar-refractivity contribution in [2.75, 3.05) is 0 Å². The van der Waals surface area contributed by atoms with Crippen LogP contribution in [0.15, 0.2) is 33.2 Å². The molecule has 1 aliphatic carbocycles. The van der Waals surface area contributed by atoms with Gasteiger partial charge in [-0.15, -0.1) is 0 Å². The molecular formula is C15H13BrO2. The summed E-state index contributed by atoms with van der Waals surface area (Å²) in [6, 6.07) is 8.01. The minimum absolute atomic E-state index is 0.214. The number of rotatable bonds is 1. The van der Waals surface area contributed by atoms with Crippen molar-refractivity contribution in [3.8, 4) is 11.1 Å². The van der Waals surface area contributed by atoms with Crippen LogP contribution in [0.3, 0.4) is 0 Å². The lowest BCUT2D eigenvalue weighted by atomic mass is 9.90. The number of carbonyl (C=O) groups excluding carboxylic acids is 1. The number of ketones is 1. The standard InChI is InChI=1S/C15H13BrO2/c1-9-14(10-5-7-11(16)8-6-10)15-12(17)3-2-4-13(15)18-9/h5-8H,2-4H2,1H3. The summed E-state index contributed by atoms with van der Waals surface area (Å²) >= 11 is 3.42. The lowest BCUT2D eigenvalue weighted by molar-refractivity contribution is 0.0970. The molecule has 3 heteroatoms. The molecule has 2 aromatic rings. The maximum atomic E-state index is 12.1. The van der Waals surface area contributed by atoms with E-state index in [0.29, 0.717) is 6.42 Å². The van der Waals surface area contributed by atoms with Crippen LogP contribution in [-0.4, -0.2) is 5.78 Å². The molecule has 1 aromatic carbocycles. The zero-order valence-corrected chi connectivity index (χ0v) is 11.7. The normalized spacial score (nSPS) is 14.7. The SMILES string of the molecule is Cc1oc2c(c1-c1ccc(Br)cc1)C(=O)CCC2. The molecule has 0 bridgehead atoms. The second kappa shape index (κ2) is 4.39. The zero-order valence-electron chi connectivity index (χ0n) is 10.1. The van der Waals surface area contributed by atoms with Crippen LogP contribution in [0, 0.1) is 6.92 Å². The van der Waals surface area contributed by atoms with Crippen molar-refractivity contribution in [3.05, 3.63) is 45.8 Å². The van der Waals surface area contributed by atoms with E-state index in [1.165, 1.54) is 0 Å². The largest absolute Gasteiger partial charge is 0.465 e. The summed E-state index contributed by atoms with van der Waals surface area (Å²) in [4.78, 5) is 12.1. The van der Waals surface area contributed by atoms with Crippen LogP contribution >= 0.6 is 15.9 Å². The molecule has 0 saturated carbocycles. The van der Waals surface area contributed by atoms with Gasteiger partial charge in [-0.05, 0) is 31.0 Å². The first-order chi connectivity index (χ1) is 8.66. The Labute approximate surface area is 114 Å². The quantitative estimate of drug-likeness (QED) is 0.774. The predicted molar refractivity (Wildman–Crippen MR) is 73.8 cm³/mol. The van der Waals surface area contributed by atoms with Gasteiger partial charge in [0, 0.05) is 22.9 Å². The number of carbonyl (C=O) groups is 1. The lowest BCUT2D eigenvalue weighted by Crippen LogP contribution is -2.09. The Morgan fingerprint density at radius 1 is 1.11 bits per heavy atom.